The van der Waals surface area contributed by atoms with E-state index in [0.29, 0.717) is 17.6 Å². The van der Waals surface area contributed by atoms with Crippen molar-refractivity contribution in [2.24, 2.45) is 0 Å². The van der Waals surface area contributed by atoms with Crippen LogP contribution in [0, 0.1) is 6.92 Å². The predicted molar refractivity (Wildman–Crippen MR) is 72.6 cm³/mol. The van der Waals surface area contributed by atoms with E-state index < -0.39 is 0 Å². The van der Waals surface area contributed by atoms with Gasteiger partial charge in [-0.25, -0.2) is 0 Å². The molecule has 0 bridgehead atoms. The number of H-pyrrole nitrogens is 1. The van der Waals surface area contributed by atoms with E-state index in [9.17, 15) is 4.79 Å². The summed E-state index contributed by atoms with van der Waals surface area (Å²) in [6, 6.07) is 5.70. The summed E-state index contributed by atoms with van der Waals surface area (Å²) in [6.07, 6.45) is 1.61. The van der Waals surface area contributed by atoms with Crippen molar-refractivity contribution in [2.45, 2.75) is 13.8 Å². The lowest BCUT2D eigenvalue weighted by molar-refractivity contribution is 0.337. The zero-order valence-electron chi connectivity index (χ0n) is 9.74. The van der Waals surface area contributed by atoms with Gasteiger partial charge in [0.05, 0.1) is 12.2 Å². The predicted octanol–water partition coefficient (Wildman–Crippen LogP) is 2.55. The standard InChI is InChI=1S/C13H13NO2S/c1-3-16-13(17)10-7-14-11-5-4-8(2)6-9(11)12(10)15/h4-7H,3H2,1-2H3,(H,14,15). The van der Waals surface area contributed by atoms with Crippen molar-refractivity contribution in [3.8, 4) is 0 Å². The summed E-state index contributed by atoms with van der Waals surface area (Å²) in [5.41, 5.74) is 2.19. The minimum Gasteiger partial charge on any atom is -0.483 e. The summed E-state index contributed by atoms with van der Waals surface area (Å²) < 4.78 is 5.20. The van der Waals surface area contributed by atoms with Crippen LogP contribution in [0.15, 0.2) is 29.2 Å². The van der Waals surface area contributed by atoms with Gasteiger partial charge in [-0.3, -0.25) is 4.79 Å². The Morgan fingerprint density at radius 2 is 2.24 bits per heavy atom. The molecule has 1 aromatic carbocycles. The summed E-state index contributed by atoms with van der Waals surface area (Å²) in [6.45, 7) is 4.25. The highest BCUT2D eigenvalue weighted by Gasteiger charge is 2.10. The fourth-order valence-corrected chi connectivity index (χ4v) is 1.96. The Labute approximate surface area is 104 Å². The van der Waals surface area contributed by atoms with Gasteiger partial charge in [0.1, 0.15) is 0 Å². The smallest absolute Gasteiger partial charge is 0.201 e. The van der Waals surface area contributed by atoms with Crippen LogP contribution in [0.25, 0.3) is 10.9 Å². The minimum atomic E-state index is -0.0825. The maximum absolute atomic E-state index is 12.2. The van der Waals surface area contributed by atoms with Crippen LogP contribution in [0.3, 0.4) is 0 Å². The largest absolute Gasteiger partial charge is 0.483 e. The molecule has 2 rings (SSSR count). The van der Waals surface area contributed by atoms with Gasteiger partial charge < -0.3 is 9.72 Å². The molecule has 0 amide bonds. The minimum absolute atomic E-state index is 0.0825. The quantitative estimate of drug-likeness (QED) is 0.829. The SMILES string of the molecule is CCOC(=S)c1c[nH]c2ccc(C)cc2c1=O. The normalized spacial score (nSPS) is 10.5. The second-order valence-electron chi connectivity index (χ2n) is 3.80. The second kappa shape index (κ2) is 4.67. The molecule has 0 saturated heterocycles. The van der Waals surface area contributed by atoms with Crippen LogP contribution in [-0.2, 0) is 4.74 Å². The van der Waals surface area contributed by atoms with Crippen LogP contribution in [0.2, 0.25) is 0 Å². The third kappa shape index (κ3) is 2.22. The average molecular weight is 247 g/mol. The maximum atomic E-state index is 12.2. The lowest BCUT2D eigenvalue weighted by atomic mass is 10.1. The number of aromatic amines is 1. The lowest BCUT2D eigenvalue weighted by Crippen LogP contribution is -2.17. The first kappa shape index (κ1) is 11.8. The van der Waals surface area contributed by atoms with E-state index in [1.165, 1.54) is 0 Å². The molecular weight excluding hydrogens is 234 g/mol. The fraction of sp³-hybridized carbons (Fsp3) is 0.231. The van der Waals surface area contributed by atoms with E-state index in [2.05, 4.69) is 4.98 Å². The van der Waals surface area contributed by atoms with Crippen molar-refractivity contribution < 1.29 is 4.74 Å². The molecule has 1 N–H and O–H groups in total. The van der Waals surface area contributed by atoms with Crippen molar-refractivity contribution in [1.29, 1.82) is 0 Å². The number of nitrogens with one attached hydrogen (secondary N) is 1. The van der Waals surface area contributed by atoms with E-state index in [4.69, 9.17) is 17.0 Å². The van der Waals surface area contributed by atoms with Gasteiger partial charge in [-0.1, -0.05) is 11.6 Å². The highest BCUT2D eigenvalue weighted by molar-refractivity contribution is 7.80. The zero-order valence-corrected chi connectivity index (χ0v) is 10.6. The number of benzene rings is 1. The van der Waals surface area contributed by atoms with Crippen LogP contribution in [0.4, 0.5) is 0 Å². The number of hydrogen-bond donors (Lipinski definition) is 1. The Balaban J connectivity index is 2.65. The number of fused-ring (bicyclic) bond motifs is 1. The van der Waals surface area contributed by atoms with Crippen LogP contribution in [-0.4, -0.2) is 16.6 Å². The van der Waals surface area contributed by atoms with Crippen LogP contribution >= 0.6 is 12.2 Å². The molecule has 0 atom stereocenters. The molecule has 0 aliphatic carbocycles. The topological polar surface area (TPSA) is 42.1 Å². The van der Waals surface area contributed by atoms with Crippen molar-refractivity contribution in [3.63, 3.8) is 0 Å². The fourth-order valence-electron chi connectivity index (χ4n) is 1.69. The van der Waals surface area contributed by atoms with E-state index >= 15 is 0 Å². The summed E-state index contributed by atoms with van der Waals surface area (Å²) in [5.74, 6) is 0. The van der Waals surface area contributed by atoms with Gasteiger partial charge in [0.15, 0.2) is 5.05 Å². The summed E-state index contributed by atoms with van der Waals surface area (Å²) in [4.78, 5) is 15.3. The maximum Gasteiger partial charge on any atom is 0.201 e. The Hall–Kier alpha value is -1.68. The summed E-state index contributed by atoms with van der Waals surface area (Å²) >= 11 is 5.06. The molecule has 4 heteroatoms. The number of pyridine rings is 1. The van der Waals surface area contributed by atoms with Crippen molar-refractivity contribution >= 4 is 28.2 Å². The van der Waals surface area contributed by atoms with Gasteiger partial charge in [0.2, 0.25) is 5.43 Å². The molecule has 88 valence electrons. The summed E-state index contributed by atoms with van der Waals surface area (Å²) in [7, 11) is 0. The first-order valence-corrected chi connectivity index (χ1v) is 5.83. The Bertz CT molecular complexity index is 631. The number of rotatable bonds is 2. The van der Waals surface area contributed by atoms with Crippen molar-refractivity contribution in [3.05, 3.63) is 45.7 Å². The molecule has 0 saturated carbocycles. The molecule has 1 aromatic heterocycles. The summed E-state index contributed by atoms with van der Waals surface area (Å²) in [5, 5.41) is 0.890. The molecule has 2 aromatic rings. The highest BCUT2D eigenvalue weighted by Crippen LogP contribution is 2.11. The number of hydrogen-bond acceptors (Lipinski definition) is 3. The van der Waals surface area contributed by atoms with Crippen molar-refractivity contribution in [1.82, 2.24) is 4.98 Å². The second-order valence-corrected chi connectivity index (χ2v) is 4.17. The molecule has 3 nitrogen and oxygen atoms in total. The van der Waals surface area contributed by atoms with Crippen molar-refractivity contribution in [2.75, 3.05) is 6.61 Å². The number of ether oxygens (including phenoxy) is 1. The number of aryl methyl sites for hydroxylation is 1. The first-order valence-electron chi connectivity index (χ1n) is 5.42. The van der Waals surface area contributed by atoms with Gasteiger partial charge in [-0.05, 0) is 38.2 Å². The lowest BCUT2D eigenvalue weighted by Gasteiger charge is -2.06. The van der Waals surface area contributed by atoms with Gasteiger partial charge in [0, 0.05) is 17.1 Å². The third-order valence-corrected chi connectivity index (χ3v) is 2.87. The molecule has 0 unspecified atom stereocenters. The number of thiocarbonyl (C=S) groups is 1. The Kier molecular flexibility index (Phi) is 3.24. The molecule has 17 heavy (non-hydrogen) atoms. The van der Waals surface area contributed by atoms with Crippen LogP contribution in [0.1, 0.15) is 18.1 Å². The monoisotopic (exact) mass is 247 g/mol. The van der Waals surface area contributed by atoms with E-state index in [1.54, 1.807) is 6.20 Å². The van der Waals surface area contributed by atoms with Crippen LogP contribution < -0.4 is 5.43 Å². The average Bonchev–Trinajstić information content (AvgIpc) is 2.30. The molecule has 0 radical (unpaired) electrons. The molecule has 1 heterocycles. The van der Waals surface area contributed by atoms with E-state index in [-0.39, 0.29) is 10.5 Å². The molecule has 0 aliphatic heterocycles. The van der Waals surface area contributed by atoms with Gasteiger partial charge in [0.25, 0.3) is 0 Å². The van der Waals surface area contributed by atoms with E-state index in [1.807, 2.05) is 32.0 Å². The zero-order chi connectivity index (χ0) is 12.4. The molecule has 0 spiro atoms. The Morgan fingerprint density at radius 1 is 1.47 bits per heavy atom. The van der Waals surface area contributed by atoms with Gasteiger partial charge in [-0.15, -0.1) is 0 Å². The third-order valence-electron chi connectivity index (χ3n) is 2.53. The first-order chi connectivity index (χ1) is 8.13. The molecule has 0 fully saturated rings. The molecule has 0 aliphatic rings. The van der Waals surface area contributed by atoms with E-state index in [0.717, 1.165) is 11.1 Å². The van der Waals surface area contributed by atoms with Gasteiger partial charge in [-0.2, -0.15) is 0 Å². The Morgan fingerprint density at radius 3 is 2.94 bits per heavy atom. The van der Waals surface area contributed by atoms with Gasteiger partial charge >= 0.3 is 0 Å². The molecular formula is C13H13NO2S. The van der Waals surface area contributed by atoms with Crippen LogP contribution in [0.5, 0.6) is 0 Å². The highest BCUT2D eigenvalue weighted by atomic mass is 32.1. The number of aromatic nitrogens is 1.